The van der Waals surface area contributed by atoms with Crippen molar-refractivity contribution < 1.29 is 97.1 Å². The molecule has 36 heavy (non-hydrogen) atoms. The molecular formula is C6HF25S5. The second-order valence-electron chi connectivity index (χ2n) is 6.71. The predicted octanol–water partition coefficient (Wildman–Crippen LogP) is 15.0. The van der Waals surface area contributed by atoms with Crippen molar-refractivity contribution in [2.75, 3.05) is 0 Å². The molecule has 0 spiro atoms. The second-order valence-corrected chi connectivity index (χ2v) is 18.5. The summed E-state index contributed by atoms with van der Waals surface area (Å²) in [5.41, 5.74) is 0. The minimum Gasteiger partial charge on any atom is -0.0936 e. The molecule has 0 saturated heterocycles. The number of hydrogen-bond donors (Lipinski definition) is 0. The highest BCUT2D eigenvalue weighted by molar-refractivity contribution is 8.51. The first-order valence-corrected chi connectivity index (χ1v) is 16.2. The molecule has 0 aromatic heterocycles. The van der Waals surface area contributed by atoms with Crippen LogP contribution in [0.1, 0.15) is 0 Å². The molecule has 0 aliphatic carbocycles. The van der Waals surface area contributed by atoms with Gasteiger partial charge in [-0.2, -0.15) is 0 Å². The van der Waals surface area contributed by atoms with Crippen molar-refractivity contribution in [3.05, 3.63) is 6.07 Å². The van der Waals surface area contributed by atoms with Crippen LogP contribution in [0.5, 0.6) is 0 Å². The van der Waals surface area contributed by atoms with Crippen LogP contribution in [0.3, 0.4) is 0 Å². The largest absolute Gasteiger partial charge is 0.313 e. The molecule has 0 N–H and O–H groups in total. The Bertz CT molecular complexity index is 1130. The van der Waals surface area contributed by atoms with Gasteiger partial charge in [0, 0.05) is 0 Å². The fraction of sp³-hybridized carbons (Fsp3) is 0. The molecule has 0 fully saturated rings. The summed E-state index contributed by atoms with van der Waals surface area (Å²) in [6, 6.07) is -4.18. The molecule has 0 aliphatic rings. The average molecular weight is 708 g/mol. The highest BCUT2D eigenvalue weighted by atomic mass is 32.5. The Balaban J connectivity index is 5.55. The Hall–Kier alpha value is -0.780. The van der Waals surface area contributed by atoms with Gasteiger partial charge in [-0.15, -0.1) is 0 Å². The molecule has 30 heteroatoms. The van der Waals surface area contributed by atoms with Crippen LogP contribution in [0.4, 0.5) is 97.1 Å². The van der Waals surface area contributed by atoms with E-state index < -0.39 is 81.7 Å². The maximum Gasteiger partial charge on any atom is 0.313 e. The lowest BCUT2D eigenvalue weighted by molar-refractivity contribution is 0.296. The molecular weight excluding hydrogens is 707 g/mol. The molecule has 0 amide bonds. The number of rotatable bonds is 5. The lowest BCUT2D eigenvalue weighted by Crippen LogP contribution is -2.28. The Kier molecular flexibility index (Phi) is 4.28. The first-order valence-electron chi connectivity index (χ1n) is 6.46. The molecule has 230 valence electrons. The van der Waals surface area contributed by atoms with Gasteiger partial charge in [0.05, 0.1) is 0 Å². The second kappa shape index (κ2) is 4.64. The fourth-order valence-corrected chi connectivity index (χ4v) is 10.6. The van der Waals surface area contributed by atoms with Gasteiger partial charge < -0.3 is 0 Å². The van der Waals surface area contributed by atoms with Crippen LogP contribution in [0.25, 0.3) is 0 Å². The summed E-state index contributed by atoms with van der Waals surface area (Å²) in [6.07, 6.45) is 0. The molecule has 0 aliphatic heterocycles. The van der Waals surface area contributed by atoms with Gasteiger partial charge in [-0.1, -0.05) is 97.1 Å². The van der Waals surface area contributed by atoms with E-state index in [1.54, 1.807) is 0 Å². The Morgan fingerprint density at radius 1 is 0.250 bits per heavy atom. The van der Waals surface area contributed by atoms with Crippen molar-refractivity contribution in [1.29, 1.82) is 0 Å². The van der Waals surface area contributed by atoms with Crippen molar-refractivity contribution in [3.8, 4) is 0 Å². The lowest BCUT2D eigenvalue weighted by Gasteiger charge is -2.56. The van der Waals surface area contributed by atoms with Crippen LogP contribution in [0.2, 0.25) is 0 Å². The summed E-state index contributed by atoms with van der Waals surface area (Å²) >= 11 is 0. The van der Waals surface area contributed by atoms with Crippen LogP contribution in [-0.4, -0.2) is 0 Å². The minimum absolute atomic E-state index is 4.18. The van der Waals surface area contributed by atoms with Crippen LogP contribution in [0.15, 0.2) is 30.5 Å². The topological polar surface area (TPSA) is 0 Å². The molecule has 0 nitrogen and oxygen atoms in total. The molecule has 0 saturated carbocycles. The zero-order chi connectivity index (χ0) is 30.6. The van der Waals surface area contributed by atoms with Crippen LogP contribution < -0.4 is 0 Å². The molecule has 1 aromatic carbocycles. The highest BCUT2D eigenvalue weighted by Crippen LogP contribution is 3.18. The smallest absolute Gasteiger partial charge is 0.0936 e. The van der Waals surface area contributed by atoms with E-state index in [0.717, 1.165) is 0 Å². The summed E-state index contributed by atoms with van der Waals surface area (Å²) in [5.74, 6) is 0. The summed E-state index contributed by atoms with van der Waals surface area (Å²) in [4.78, 5) is -36.1. The van der Waals surface area contributed by atoms with Gasteiger partial charge in [-0.25, -0.2) is 0 Å². The average Bonchev–Trinajstić information content (AvgIpc) is 2.21. The van der Waals surface area contributed by atoms with E-state index in [4.69, 9.17) is 0 Å². The first kappa shape index (κ1) is 33.2. The molecule has 0 bridgehead atoms. The number of halogens is 25. The van der Waals surface area contributed by atoms with Gasteiger partial charge in [-0.3, -0.25) is 0 Å². The van der Waals surface area contributed by atoms with Gasteiger partial charge in [0.25, 0.3) is 0 Å². The summed E-state index contributed by atoms with van der Waals surface area (Å²) in [7, 11) is -69.7. The zero-order valence-corrected chi connectivity index (χ0v) is 18.7. The van der Waals surface area contributed by atoms with Crippen LogP contribution in [0, 0.1) is 0 Å². The van der Waals surface area contributed by atoms with Crippen molar-refractivity contribution in [1.82, 2.24) is 0 Å². The van der Waals surface area contributed by atoms with Crippen molar-refractivity contribution in [2.45, 2.75) is 24.5 Å². The number of benzene rings is 1. The standard InChI is InChI=1S/C6HF25S5/c7-32(8,9,10,11)2-1-3(33(12,13,14,15)16)5(35(22,23,24,25)26)6(36(27,28,29,30)31)4(2)34(17,18,19,20)21/h1H. The molecule has 1 aromatic rings. The van der Waals surface area contributed by atoms with E-state index in [-0.39, 0.29) is 0 Å². The third kappa shape index (κ3) is 7.20. The maximum absolute atomic E-state index is 14.3. The summed E-state index contributed by atoms with van der Waals surface area (Å²) < 4.78 is 323. The molecule has 0 unspecified atom stereocenters. The zero-order valence-electron chi connectivity index (χ0n) is 14.6. The Labute approximate surface area is 179 Å². The third-order valence-electron chi connectivity index (χ3n) is 3.11. The van der Waals surface area contributed by atoms with Crippen molar-refractivity contribution in [3.63, 3.8) is 0 Å². The quantitative estimate of drug-likeness (QED) is 0.267. The van der Waals surface area contributed by atoms with E-state index in [2.05, 4.69) is 0 Å². The van der Waals surface area contributed by atoms with Gasteiger partial charge in [-0.05, 0) is 6.07 Å². The van der Waals surface area contributed by atoms with Gasteiger partial charge >= 0.3 is 51.1 Å². The molecule has 0 radical (unpaired) electrons. The number of hydrogen-bond acceptors (Lipinski definition) is 0. The van der Waals surface area contributed by atoms with Crippen LogP contribution in [-0.2, 0) is 0 Å². The maximum atomic E-state index is 13.0. The van der Waals surface area contributed by atoms with E-state index in [0.29, 0.717) is 0 Å². The van der Waals surface area contributed by atoms with Crippen molar-refractivity contribution in [2.24, 2.45) is 0 Å². The normalized spacial score (nSPS) is 24.8. The molecule has 1 rings (SSSR count). The third-order valence-corrected chi connectivity index (χ3v) is 9.50. The minimum atomic E-state index is -14.3. The predicted molar refractivity (Wildman–Crippen MR) is 83.4 cm³/mol. The molecule has 0 heterocycles. The Morgan fingerprint density at radius 2 is 0.417 bits per heavy atom. The van der Waals surface area contributed by atoms with E-state index in [1.165, 1.54) is 0 Å². The van der Waals surface area contributed by atoms with Crippen LogP contribution >= 0.6 is 51.1 Å². The first-order chi connectivity index (χ1) is 13.5. The van der Waals surface area contributed by atoms with E-state index in [9.17, 15) is 97.1 Å². The van der Waals surface area contributed by atoms with Gasteiger partial charge in [0.1, 0.15) is 9.79 Å². The highest BCUT2D eigenvalue weighted by Gasteiger charge is 2.88. The Morgan fingerprint density at radius 3 is 0.528 bits per heavy atom. The van der Waals surface area contributed by atoms with Gasteiger partial charge in [0.2, 0.25) is 0 Å². The van der Waals surface area contributed by atoms with E-state index >= 15 is 0 Å². The van der Waals surface area contributed by atoms with Gasteiger partial charge in [0.15, 0.2) is 14.7 Å². The van der Waals surface area contributed by atoms with E-state index in [1.807, 2.05) is 0 Å². The SMILES string of the molecule is FS(F)(F)(F)(F)c1cc(S(F)(F)(F)(F)F)c(S(F)(F)(F)(F)F)c(S(F)(F)(F)(F)F)c1S(F)(F)(F)(F)F. The summed E-state index contributed by atoms with van der Waals surface area (Å²) in [5, 5.41) is 0. The lowest BCUT2D eigenvalue weighted by atomic mass is 10.3. The fourth-order valence-electron chi connectivity index (χ4n) is 2.23. The van der Waals surface area contributed by atoms with Crippen molar-refractivity contribution >= 4 is 51.1 Å². The monoisotopic (exact) mass is 708 g/mol. The molecule has 0 atom stereocenters. The summed E-state index contributed by atoms with van der Waals surface area (Å²) in [6.45, 7) is 0.